The minimum Gasteiger partial charge on any atom is -0.466 e. The summed E-state index contributed by atoms with van der Waals surface area (Å²) >= 11 is 0. The lowest BCUT2D eigenvalue weighted by Gasteiger charge is -2.03. The largest absolute Gasteiger partial charge is 0.466 e. The number of carbonyl (C=O) groups is 1. The van der Waals surface area contributed by atoms with Crippen LogP contribution in [0.3, 0.4) is 0 Å². The summed E-state index contributed by atoms with van der Waals surface area (Å²) < 4.78 is 4.53. The van der Waals surface area contributed by atoms with Crippen molar-refractivity contribution >= 4 is 24.5 Å². The summed E-state index contributed by atoms with van der Waals surface area (Å²) in [4.78, 5) is 10.9. The number of hydrogen-bond donors (Lipinski definition) is 1. The first kappa shape index (κ1) is 16.7. The van der Waals surface area contributed by atoms with Gasteiger partial charge in [0.15, 0.2) is 0 Å². The fourth-order valence-corrected chi connectivity index (χ4v) is 1.39. The van der Waals surface area contributed by atoms with Gasteiger partial charge in [-0.3, -0.25) is 0 Å². The van der Waals surface area contributed by atoms with Gasteiger partial charge in [-0.25, -0.2) is 4.79 Å². The molecule has 0 unspecified atom stereocenters. The molecule has 0 atom stereocenters. The SMILES string of the molecule is CCCNCc1ccc(/C=C/C(=O)OC)cc1.Cl. The van der Waals surface area contributed by atoms with E-state index in [0.717, 1.165) is 25.1 Å². The van der Waals surface area contributed by atoms with Gasteiger partial charge in [0, 0.05) is 12.6 Å². The van der Waals surface area contributed by atoms with Gasteiger partial charge in [0.1, 0.15) is 0 Å². The van der Waals surface area contributed by atoms with E-state index in [-0.39, 0.29) is 18.4 Å². The van der Waals surface area contributed by atoms with Crippen molar-refractivity contribution in [1.82, 2.24) is 5.32 Å². The van der Waals surface area contributed by atoms with Gasteiger partial charge in [-0.05, 0) is 30.2 Å². The molecule has 18 heavy (non-hydrogen) atoms. The Bertz CT molecular complexity index is 374. The first-order valence-electron chi connectivity index (χ1n) is 5.82. The van der Waals surface area contributed by atoms with Gasteiger partial charge >= 0.3 is 5.97 Å². The molecule has 0 aliphatic heterocycles. The fourth-order valence-electron chi connectivity index (χ4n) is 1.39. The maximum absolute atomic E-state index is 10.9. The molecule has 0 heterocycles. The third-order valence-electron chi connectivity index (χ3n) is 2.35. The number of carbonyl (C=O) groups excluding carboxylic acids is 1. The molecule has 1 aromatic carbocycles. The number of methoxy groups -OCH3 is 1. The molecule has 0 aromatic heterocycles. The van der Waals surface area contributed by atoms with Crippen molar-refractivity contribution in [2.24, 2.45) is 0 Å². The van der Waals surface area contributed by atoms with Crippen LogP contribution in [0.1, 0.15) is 24.5 Å². The van der Waals surface area contributed by atoms with Gasteiger partial charge in [-0.15, -0.1) is 12.4 Å². The zero-order chi connectivity index (χ0) is 12.5. The molecule has 0 bridgehead atoms. The molecule has 0 fully saturated rings. The minimum atomic E-state index is -0.335. The van der Waals surface area contributed by atoms with Crippen molar-refractivity contribution in [2.45, 2.75) is 19.9 Å². The zero-order valence-electron chi connectivity index (χ0n) is 10.8. The highest BCUT2D eigenvalue weighted by molar-refractivity contribution is 5.86. The third-order valence-corrected chi connectivity index (χ3v) is 2.35. The van der Waals surface area contributed by atoms with E-state index in [0.29, 0.717) is 0 Å². The number of rotatable bonds is 6. The van der Waals surface area contributed by atoms with Crippen LogP contribution in [0.5, 0.6) is 0 Å². The average molecular weight is 270 g/mol. The predicted octanol–water partition coefficient (Wildman–Crippen LogP) is 2.79. The Labute approximate surface area is 115 Å². The lowest BCUT2D eigenvalue weighted by molar-refractivity contribution is -0.134. The smallest absolute Gasteiger partial charge is 0.330 e. The van der Waals surface area contributed by atoms with Gasteiger partial charge < -0.3 is 10.1 Å². The molecular weight excluding hydrogens is 250 g/mol. The number of esters is 1. The molecule has 1 aromatic rings. The maximum Gasteiger partial charge on any atom is 0.330 e. The number of benzene rings is 1. The van der Waals surface area contributed by atoms with E-state index >= 15 is 0 Å². The Kier molecular flexibility index (Phi) is 8.97. The topological polar surface area (TPSA) is 38.3 Å². The highest BCUT2D eigenvalue weighted by Crippen LogP contribution is 2.06. The predicted molar refractivity (Wildman–Crippen MR) is 76.7 cm³/mol. The summed E-state index contributed by atoms with van der Waals surface area (Å²) in [6, 6.07) is 8.09. The van der Waals surface area contributed by atoms with E-state index in [2.05, 4.69) is 29.1 Å². The van der Waals surface area contributed by atoms with E-state index in [1.54, 1.807) is 6.08 Å². The number of halogens is 1. The van der Waals surface area contributed by atoms with Crippen LogP contribution < -0.4 is 5.32 Å². The van der Waals surface area contributed by atoms with Crippen molar-refractivity contribution in [1.29, 1.82) is 0 Å². The molecule has 0 spiro atoms. The lowest BCUT2D eigenvalue weighted by Crippen LogP contribution is -2.13. The second kappa shape index (κ2) is 9.68. The Morgan fingerprint density at radius 3 is 2.56 bits per heavy atom. The molecule has 3 nitrogen and oxygen atoms in total. The van der Waals surface area contributed by atoms with Crippen LogP contribution in [0.25, 0.3) is 6.08 Å². The standard InChI is InChI=1S/C14H19NO2.ClH/c1-3-10-15-11-13-6-4-12(5-7-13)8-9-14(16)17-2;/h4-9,15H,3,10-11H2,1-2H3;1H/b9-8+;. The number of hydrogen-bond acceptors (Lipinski definition) is 3. The number of ether oxygens (including phenoxy) is 1. The second-order valence-electron chi connectivity index (χ2n) is 3.77. The fraction of sp³-hybridized carbons (Fsp3) is 0.357. The summed E-state index contributed by atoms with van der Waals surface area (Å²) in [6.45, 7) is 4.06. The van der Waals surface area contributed by atoms with Crippen LogP contribution in [0.2, 0.25) is 0 Å². The quantitative estimate of drug-likeness (QED) is 0.490. The molecule has 0 saturated carbocycles. The monoisotopic (exact) mass is 269 g/mol. The maximum atomic E-state index is 10.9. The normalized spacial score (nSPS) is 10.1. The first-order valence-corrected chi connectivity index (χ1v) is 5.82. The van der Waals surface area contributed by atoms with Crippen LogP contribution in [-0.2, 0) is 16.1 Å². The van der Waals surface area contributed by atoms with Gasteiger partial charge in [-0.2, -0.15) is 0 Å². The molecular formula is C14H20ClNO2. The van der Waals surface area contributed by atoms with Crippen molar-refractivity contribution in [3.05, 3.63) is 41.5 Å². The van der Waals surface area contributed by atoms with E-state index in [9.17, 15) is 4.79 Å². The van der Waals surface area contributed by atoms with Crippen molar-refractivity contribution in [3.8, 4) is 0 Å². The third kappa shape index (κ3) is 6.42. The molecule has 4 heteroatoms. The lowest BCUT2D eigenvalue weighted by atomic mass is 10.1. The molecule has 0 aliphatic carbocycles. The van der Waals surface area contributed by atoms with Crippen LogP contribution in [0.15, 0.2) is 30.3 Å². The first-order chi connectivity index (χ1) is 8.26. The van der Waals surface area contributed by atoms with E-state index < -0.39 is 0 Å². The van der Waals surface area contributed by atoms with Gasteiger partial charge in [0.25, 0.3) is 0 Å². The van der Waals surface area contributed by atoms with Gasteiger partial charge in [-0.1, -0.05) is 31.2 Å². The van der Waals surface area contributed by atoms with Crippen molar-refractivity contribution < 1.29 is 9.53 Å². The van der Waals surface area contributed by atoms with E-state index in [1.165, 1.54) is 18.7 Å². The zero-order valence-corrected chi connectivity index (χ0v) is 11.6. The minimum absolute atomic E-state index is 0. The van der Waals surface area contributed by atoms with Gasteiger partial charge in [0.2, 0.25) is 0 Å². The van der Waals surface area contributed by atoms with E-state index in [4.69, 9.17) is 0 Å². The highest BCUT2D eigenvalue weighted by Gasteiger charge is 1.94. The second-order valence-corrected chi connectivity index (χ2v) is 3.77. The van der Waals surface area contributed by atoms with Crippen molar-refractivity contribution in [2.75, 3.05) is 13.7 Å². The molecule has 1 N–H and O–H groups in total. The van der Waals surface area contributed by atoms with Crippen LogP contribution in [0.4, 0.5) is 0 Å². The Morgan fingerprint density at radius 1 is 1.33 bits per heavy atom. The molecule has 0 saturated heterocycles. The Hall–Kier alpha value is -1.32. The molecule has 0 amide bonds. The average Bonchev–Trinajstić information content (AvgIpc) is 2.37. The molecule has 0 radical (unpaired) electrons. The summed E-state index contributed by atoms with van der Waals surface area (Å²) in [5.74, 6) is -0.335. The summed E-state index contributed by atoms with van der Waals surface area (Å²) in [5.41, 5.74) is 2.24. The highest BCUT2D eigenvalue weighted by atomic mass is 35.5. The number of nitrogens with one attached hydrogen (secondary N) is 1. The van der Waals surface area contributed by atoms with Crippen LogP contribution in [0, 0.1) is 0 Å². The van der Waals surface area contributed by atoms with E-state index in [1.807, 2.05) is 12.1 Å². The summed E-state index contributed by atoms with van der Waals surface area (Å²) in [7, 11) is 1.37. The van der Waals surface area contributed by atoms with Crippen LogP contribution in [-0.4, -0.2) is 19.6 Å². The summed E-state index contributed by atoms with van der Waals surface area (Å²) in [5, 5.41) is 3.34. The Balaban J connectivity index is 0.00000289. The summed E-state index contributed by atoms with van der Waals surface area (Å²) in [6.07, 6.45) is 4.30. The molecule has 1 rings (SSSR count). The van der Waals surface area contributed by atoms with Crippen molar-refractivity contribution in [3.63, 3.8) is 0 Å². The van der Waals surface area contributed by atoms with Gasteiger partial charge in [0.05, 0.1) is 7.11 Å². The van der Waals surface area contributed by atoms with Crippen LogP contribution >= 0.6 is 12.4 Å². The molecule has 100 valence electrons. The molecule has 0 aliphatic rings. The Morgan fingerprint density at radius 2 is 2.00 bits per heavy atom.